The number of rotatable bonds is 6. The second-order valence-electron chi connectivity index (χ2n) is 3.85. The average Bonchev–Trinajstić information content (AvgIpc) is 2.29. The van der Waals surface area contributed by atoms with Crippen molar-refractivity contribution in [1.82, 2.24) is 0 Å². The van der Waals surface area contributed by atoms with Crippen molar-refractivity contribution in [3.05, 3.63) is 35.9 Å². The number of hydrogen-bond acceptors (Lipinski definition) is 2. The van der Waals surface area contributed by atoms with E-state index in [2.05, 4.69) is 6.92 Å². The molecule has 0 amide bonds. The maximum absolute atomic E-state index is 11.4. The lowest BCUT2D eigenvalue weighted by atomic mass is 10.1. The van der Waals surface area contributed by atoms with Crippen LogP contribution in [-0.4, -0.2) is 10.9 Å². The van der Waals surface area contributed by atoms with Crippen molar-refractivity contribution in [3.63, 3.8) is 0 Å². The predicted octanol–water partition coefficient (Wildman–Crippen LogP) is 3.55. The summed E-state index contributed by atoms with van der Waals surface area (Å²) in [5.41, 5.74) is 0.932. The monoisotopic (exact) mass is 218 g/mol. The minimum Gasteiger partial charge on any atom is -0.508 e. The largest absolute Gasteiger partial charge is 0.508 e. The van der Waals surface area contributed by atoms with Crippen molar-refractivity contribution in [2.45, 2.75) is 32.6 Å². The van der Waals surface area contributed by atoms with Crippen molar-refractivity contribution < 1.29 is 9.90 Å². The number of benzene rings is 1. The molecule has 0 aliphatic carbocycles. The van der Waals surface area contributed by atoms with Gasteiger partial charge in [0.25, 0.3) is 0 Å². The lowest BCUT2D eigenvalue weighted by Gasteiger charge is -1.95. The van der Waals surface area contributed by atoms with Crippen LogP contribution in [0.4, 0.5) is 0 Å². The number of allylic oxidation sites excluding steroid dienone is 1. The quantitative estimate of drug-likeness (QED) is 0.585. The second kappa shape index (κ2) is 6.83. The van der Waals surface area contributed by atoms with Crippen LogP contribution in [-0.2, 0) is 4.79 Å². The van der Waals surface area contributed by atoms with Crippen LogP contribution >= 0.6 is 0 Å². The summed E-state index contributed by atoms with van der Waals surface area (Å²) < 4.78 is 0. The van der Waals surface area contributed by atoms with Crippen LogP contribution in [0.1, 0.15) is 38.2 Å². The lowest BCUT2D eigenvalue weighted by Crippen LogP contribution is -1.91. The summed E-state index contributed by atoms with van der Waals surface area (Å²) in [7, 11) is 0. The Hall–Kier alpha value is -1.57. The van der Waals surface area contributed by atoms with Crippen molar-refractivity contribution >= 4 is 11.9 Å². The molecule has 1 aromatic carbocycles. The molecular weight excluding hydrogens is 200 g/mol. The third kappa shape index (κ3) is 4.78. The third-order valence-electron chi connectivity index (χ3n) is 2.38. The van der Waals surface area contributed by atoms with Crippen molar-refractivity contribution in [3.8, 4) is 5.75 Å². The normalized spacial score (nSPS) is 10.8. The summed E-state index contributed by atoms with van der Waals surface area (Å²) in [6.07, 6.45) is 7.24. The topological polar surface area (TPSA) is 37.3 Å². The number of phenols is 1. The van der Waals surface area contributed by atoms with Crippen LogP contribution in [0.5, 0.6) is 5.75 Å². The number of hydrogen-bond donors (Lipinski definition) is 1. The number of aromatic hydroxyl groups is 1. The minimum absolute atomic E-state index is 0.168. The first-order valence-corrected chi connectivity index (χ1v) is 5.72. The zero-order chi connectivity index (χ0) is 11.8. The van der Waals surface area contributed by atoms with Crippen molar-refractivity contribution in [1.29, 1.82) is 0 Å². The molecule has 2 heteroatoms. The van der Waals surface area contributed by atoms with Crippen LogP contribution < -0.4 is 0 Å². The summed E-state index contributed by atoms with van der Waals surface area (Å²) in [5, 5.41) is 9.09. The van der Waals surface area contributed by atoms with E-state index in [1.165, 1.54) is 0 Å². The first-order chi connectivity index (χ1) is 7.72. The van der Waals surface area contributed by atoms with Crippen LogP contribution in [0.15, 0.2) is 30.3 Å². The first kappa shape index (κ1) is 12.5. The van der Waals surface area contributed by atoms with Gasteiger partial charge in [0.15, 0.2) is 5.78 Å². The molecule has 0 unspecified atom stereocenters. The van der Waals surface area contributed by atoms with E-state index >= 15 is 0 Å². The van der Waals surface area contributed by atoms with Gasteiger partial charge in [-0.15, -0.1) is 0 Å². The SMILES string of the molecule is CCCCCC(=O)/C=C/c1ccc(O)cc1. The highest BCUT2D eigenvalue weighted by molar-refractivity contribution is 5.93. The van der Waals surface area contributed by atoms with Crippen molar-refractivity contribution in [2.75, 3.05) is 0 Å². The molecule has 16 heavy (non-hydrogen) atoms. The fourth-order valence-corrected chi connectivity index (χ4v) is 1.41. The molecule has 1 rings (SSSR count). The summed E-state index contributed by atoms with van der Waals surface area (Å²) in [6, 6.07) is 6.79. The van der Waals surface area contributed by atoms with Gasteiger partial charge in [-0.3, -0.25) is 4.79 Å². The molecule has 2 nitrogen and oxygen atoms in total. The van der Waals surface area contributed by atoms with E-state index < -0.39 is 0 Å². The van der Waals surface area contributed by atoms with E-state index in [4.69, 9.17) is 5.11 Å². The van der Waals surface area contributed by atoms with Gasteiger partial charge in [-0.2, -0.15) is 0 Å². The van der Waals surface area contributed by atoms with E-state index in [0.29, 0.717) is 6.42 Å². The molecule has 0 heterocycles. The molecule has 0 bridgehead atoms. The average molecular weight is 218 g/mol. The fraction of sp³-hybridized carbons (Fsp3) is 0.357. The zero-order valence-electron chi connectivity index (χ0n) is 9.65. The molecule has 0 saturated heterocycles. The molecule has 0 spiro atoms. The molecular formula is C14H18O2. The number of ketones is 1. The van der Waals surface area contributed by atoms with Crippen LogP contribution in [0.25, 0.3) is 6.08 Å². The van der Waals surface area contributed by atoms with Gasteiger partial charge in [-0.25, -0.2) is 0 Å². The maximum Gasteiger partial charge on any atom is 0.155 e. The molecule has 86 valence electrons. The molecule has 1 aromatic rings. The fourth-order valence-electron chi connectivity index (χ4n) is 1.41. The minimum atomic E-state index is 0.168. The van der Waals surface area contributed by atoms with Crippen molar-refractivity contribution in [2.24, 2.45) is 0 Å². The highest BCUT2D eigenvalue weighted by Crippen LogP contribution is 2.11. The molecule has 1 N–H and O–H groups in total. The Morgan fingerprint density at radius 3 is 2.56 bits per heavy atom. The molecule has 0 aromatic heterocycles. The number of phenolic OH excluding ortho intramolecular Hbond substituents is 1. The summed E-state index contributed by atoms with van der Waals surface area (Å²) in [5.74, 6) is 0.410. The maximum atomic E-state index is 11.4. The van der Waals surface area contributed by atoms with Gasteiger partial charge in [0.1, 0.15) is 5.75 Å². The Morgan fingerprint density at radius 1 is 1.25 bits per heavy atom. The standard InChI is InChI=1S/C14H18O2/c1-2-3-4-5-13(15)9-6-12-7-10-14(16)11-8-12/h6-11,16H,2-5H2,1H3/b9-6+. The number of carbonyl (C=O) groups is 1. The number of unbranched alkanes of at least 4 members (excludes halogenated alkanes) is 2. The smallest absolute Gasteiger partial charge is 0.155 e. The van der Waals surface area contributed by atoms with E-state index in [9.17, 15) is 4.79 Å². The van der Waals surface area contributed by atoms with Gasteiger partial charge in [0, 0.05) is 6.42 Å². The van der Waals surface area contributed by atoms with Gasteiger partial charge in [0.05, 0.1) is 0 Å². The highest BCUT2D eigenvalue weighted by atomic mass is 16.3. The molecule has 0 saturated carbocycles. The number of carbonyl (C=O) groups excluding carboxylic acids is 1. The summed E-state index contributed by atoms with van der Waals surface area (Å²) in [6.45, 7) is 2.12. The van der Waals surface area contributed by atoms with Gasteiger partial charge >= 0.3 is 0 Å². The molecule has 0 aliphatic rings. The van der Waals surface area contributed by atoms with Crippen LogP contribution in [0, 0.1) is 0 Å². The van der Waals surface area contributed by atoms with Crippen LogP contribution in [0.3, 0.4) is 0 Å². The second-order valence-corrected chi connectivity index (χ2v) is 3.85. The molecule has 0 aliphatic heterocycles. The molecule has 0 radical (unpaired) electrons. The highest BCUT2D eigenvalue weighted by Gasteiger charge is 1.96. The summed E-state index contributed by atoms with van der Waals surface area (Å²) >= 11 is 0. The first-order valence-electron chi connectivity index (χ1n) is 5.72. The van der Waals surface area contributed by atoms with E-state index in [1.807, 2.05) is 0 Å². The van der Waals surface area contributed by atoms with Gasteiger partial charge < -0.3 is 5.11 Å². The lowest BCUT2D eigenvalue weighted by molar-refractivity contribution is -0.114. The Balaban J connectivity index is 2.41. The van der Waals surface area contributed by atoms with Gasteiger partial charge in [-0.05, 0) is 30.2 Å². The van der Waals surface area contributed by atoms with Gasteiger partial charge in [-0.1, -0.05) is 38.0 Å². The third-order valence-corrected chi connectivity index (χ3v) is 2.38. The Kier molecular flexibility index (Phi) is 5.34. The Labute approximate surface area is 96.6 Å². The molecule has 0 atom stereocenters. The van der Waals surface area contributed by atoms with E-state index in [0.717, 1.165) is 24.8 Å². The zero-order valence-corrected chi connectivity index (χ0v) is 9.65. The Morgan fingerprint density at radius 2 is 1.94 bits per heavy atom. The van der Waals surface area contributed by atoms with E-state index in [-0.39, 0.29) is 11.5 Å². The summed E-state index contributed by atoms with van der Waals surface area (Å²) in [4.78, 5) is 11.4. The Bertz CT molecular complexity index is 350. The molecule has 0 fully saturated rings. The van der Waals surface area contributed by atoms with Crippen LogP contribution in [0.2, 0.25) is 0 Å². The van der Waals surface area contributed by atoms with E-state index in [1.54, 1.807) is 36.4 Å². The predicted molar refractivity (Wildman–Crippen MR) is 66.3 cm³/mol. The van der Waals surface area contributed by atoms with Gasteiger partial charge in [0.2, 0.25) is 0 Å².